The molecule has 2 aliphatic heterocycles. The molecule has 0 fully saturated rings. The fraction of sp³-hybridized carbons (Fsp3) is 0.333. The second-order valence-electron chi connectivity index (χ2n) is 14.5. The molecule has 6 nitrogen and oxygen atoms in total. The highest BCUT2D eigenvalue weighted by Crippen LogP contribution is 2.46. The van der Waals surface area contributed by atoms with Gasteiger partial charge in [0.15, 0.2) is 0 Å². The van der Waals surface area contributed by atoms with Crippen molar-refractivity contribution in [3.8, 4) is 0 Å². The number of nitrogens with zero attached hydrogens (tertiary/aromatic N) is 2. The summed E-state index contributed by atoms with van der Waals surface area (Å²) in [6.45, 7) is 4.97. The Labute approximate surface area is 298 Å². The van der Waals surface area contributed by atoms with E-state index in [1.807, 2.05) is 72.8 Å². The van der Waals surface area contributed by atoms with Crippen molar-refractivity contribution < 1.29 is 19.2 Å². The van der Waals surface area contributed by atoms with Crippen LogP contribution >= 0.6 is 0 Å². The maximum Gasteiger partial charge on any atom is 0.261 e. The normalized spacial score (nSPS) is 14.4. The van der Waals surface area contributed by atoms with Crippen molar-refractivity contribution in [2.45, 2.75) is 91.0 Å². The summed E-state index contributed by atoms with van der Waals surface area (Å²) in [6.07, 6.45) is 12.8. The molecule has 2 aliphatic rings. The number of rotatable bonds is 14. The van der Waals surface area contributed by atoms with Gasteiger partial charge in [-0.15, -0.1) is 0 Å². The third-order valence-electron chi connectivity index (χ3n) is 11.3. The minimum atomic E-state index is -0.300. The van der Waals surface area contributed by atoms with E-state index in [4.69, 9.17) is 0 Å². The van der Waals surface area contributed by atoms with Gasteiger partial charge in [0.25, 0.3) is 23.6 Å². The van der Waals surface area contributed by atoms with Gasteiger partial charge >= 0.3 is 0 Å². The van der Waals surface area contributed by atoms with Crippen LogP contribution in [0.3, 0.4) is 0 Å². The van der Waals surface area contributed by atoms with Gasteiger partial charge in [0, 0.05) is 39.6 Å². The Morgan fingerprint density at radius 3 is 1.18 bits per heavy atom. The number of fused-ring (bicyclic) bond motifs is 2. The topological polar surface area (TPSA) is 74.8 Å². The second-order valence-corrected chi connectivity index (χ2v) is 14.5. The fourth-order valence-electron chi connectivity index (χ4n) is 8.53. The summed E-state index contributed by atoms with van der Waals surface area (Å²) in [5.74, 6) is -1.07. The monoisotopic (exact) mass is 676 g/mol. The number of amides is 4. The Morgan fingerprint density at radius 2 is 0.765 bits per heavy atom. The zero-order valence-corrected chi connectivity index (χ0v) is 29.6. The first-order valence-corrected chi connectivity index (χ1v) is 18.9. The van der Waals surface area contributed by atoms with Gasteiger partial charge in [-0.2, -0.15) is 0 Å². The van der Waals surface area contributed by atoms with Crippen LogP contribution < -0.4 is 0 Å². The first-order chi connectivity index (χ1) is 24.9. The molecule has 6 aromatic rings. The maximum absolute atomic E-state index is 14.0. The summed E-state index contributed by atoms with van der Waals surface area (Å²) >= 11 is 0. The van der Waals surface area contributed by atoms with Gasteiger partial charge in [-0.05, 0) is 80.6 Å². The van der Waals surface area contributed by atoms with Crippen molar-refractivity contribution in [1.82, 2.24) is 9.80 Å². The standard InChI is InChI=1S/C45H44N2O4/c1-3-5-6-7-8-9-10-11-12-13-26-46-42(48)34-22-18-30-32-20-24-36-41-37(45(51)47(44(36)50)27-29-16-14-28(4-2)15-17-29)25-21-33(39(32)41)31-19-23-35(43(46)49)40(34)38(30)31/h14-25H,3-13,26-27H2,1-2H3. The summed E-state index contributed by atoms with van der Waals surface area (Å²) in [4.78, 5) is 58.5. The first-order valence-electron chi connectivity index (χ1n) is 18.9. The average molecular weight is 677 g/mol. The molecule has 6 heteroatoms. The quantitative estimate of drug-likeness (QED) is 0.0498. The van der Waals surface area contributed by atoms with Gasteiger partial charge < -0.3 is 0 Å². The van der Waals surface area contributed by atoms with Gasteiger partial charge in [0.1, 0.15) is 0 Å². The molecule has 0 aromatic heterocycles. The fourth-order valence-corrected chi connectivity index (χ4v) is 8.53. The van der Waals surface area contributed by atoms with Crippen LogP contribution in [-0.4, -0.2) is 40.0 Å². The van der Waals surface area contributed by atoms with Gasteiger partial charge in [-0.1, -0.05) is 120 Å². The Bertz CT molecular complexity index is 2240. The van der Waals surface area contributed by atoms with Crippen molar-refractivity contribution in [3.63, 3.8) is 0 Å². The second kappa shape index (κ2) is 13.6. The molecule has 0 spiro atoms. The Balaban J connectivity index is 1.10. The van der Waals surface area contributed by atoms with Gasteiger partial charge in [-0.25, -0.2) is 0 Å². The molecule has 0 N–H and O–H groups in total. The van der Waals surface area contributed by atoms with E-state index in [1.165, 1.54) is 60.3 Å². The van der Waals surface area contributed by atoms with E-state index in [2.05, 4.69) is 13.8 Å². The molecule has 0 aliphatic carbocycles. The number of hydrogen-bond donors (Lipinski definition) is 0. The molecule has 258 valence electrons. The summed E-state index contributed by atoms with van der Waals surface area (Å²) in [5.41, 5.74) is 4.24. The van der Waals surface area contributed by atoms with E-state index >= 15 is 0 Å². The van der Waals surface area contributed by atoms with E-state index < -0.39 is 0 Å². The number of carbonyl (C=O) groups excluding carboxylic acids is 4. The molecule has 2 heterocycles. The highest BCUT2D eigenvalue weighted by atomic mass is 16.2. The van der Waals surface area contributed by atoms with Crippen molar-refractivity contribution in [2.24, 2.45) is 0 Å². The first kappa shape index (κ1) is 33.1. The van der Waals surface area contributed by atoms with Gasteiger partial charge in [-0.3, -0.25) is 29.0 Å². The van der Waals surface area contributed by atoms with Crippen LogP contribution in [0.4, 0.5) is 0 Å². The highest BCUT2D eigenvalue weighted by molar-refractivity contribution is 6.41. The number of benzene rings is 6. The predicted octanol–water partition coefficient (Wildman–Crippen LogP) is 10.6. The lowest BCUT2D eigenvalue weighted by Gasteiger charge is -2.30. The third kappa shape index (κ3) is 5.47. The van der Waals surface area contributed by atoms with E-state index in [0.29, 0.717) is 39.6 Å². The SMILES string of the molecule is CCCCCCCCCCCCN1C(=O)c2ccc3c4ccc5c6c(ccc(c7ccc(c2c37)C1=O)c64)C(=O)N(Cc1ccc(CC)cc1)C5=O. The Morgan fingerprint density at radius 1 is 0.392 bits per heavy atom. The van der Waals surface area contributed by atoms with Crippen LogP contribution in [0.1, 0.15) is 131 Å². The predicted molar refractivity (Wildman–Crippen MR) is 205 cm³/mol. The van der Waals surface area contributed by atoms with Crippen LogP contribution in [0.25, 0.3) is 43.1 Å². The molecular formula is C45H44N2O4. The molecule has 51 heavy (non-hydrogen) atoms. The van der Waals surface area contributed by atoms with Gasteiger partial charge in [0.05, 0.1) is 6.54 Å². The van der Waals surface area contributed by atoms with Crippen LogP contribution in [0.15, 0.2) is 72.8 Å². The largest absolute Gasteiger partial charge is 0.274 e. The Kier molecular flexibility index (Phi) is 8.79. The highest BCUT2D eigenvalue weighted by Gasteiger charge is 2.36. The number of unbranched alkanes of at least 4 members (excludes halogenated alkanes) is 9. The third-order valence-corrected chi connectivity index (χ3v) is 11.3. The zero-order valence-electron chi connectivity index (χ0n) is 29.6. The summed E-state index contributed by atoms with van der Waals surface area (Å²) < 4.78 is 0. The molecule has 6 aromatic carbocycles. The lowest BCUT2D eigenvalue weighted by molar-refractivity contribution is 0.0587. The molecule has 0 bridgehead atoms. The van der Waals surface area contributed by atoms with Crippen molar-refractivity contribution >= 4 is 66.7 Å². The maximum atomic E-state index is 14.0. The molecule has 0 radical (unpaired) electrons. The summed E-state index contributed by atoms with van der Waals surface area (Å²) in [7, 11) is 0. The van der Waals surface area contributed by atoms with Crippen LogP contribution in [0, 0.1) is 0 Å². The summed E-state index contributed by atoms with van der Waals surface area (Å²) in [6, 6.07) is 23.3. The van der Waals surface area contributed by atoms with Crippen LogP contribution in [0.5, 0.6) is 0 Å². The van der Waals surface area contributed by atoms with E-state index in [-0.39, 0.29) is 30.2 Å². The molecule has 0 saturated carbocycles. The van der Waals surface area contributed by atoms with E-state index in [0.717, 1.165) is 63.6 Å². The number of carbonyl (C=O) groups is 4. The molecular weight excluding hydrogens is 633 g/mol. The van der Waals surface area contributed by atoms with Gasteiger partial charge in [0.2, 0.25) is 0 Å². The molecule has 8 rings (SSSR count). The number of hydrogen-bond acceptors (Lipinski definition) is 4. The number of imide groups is 2. The lowest BCUT2D eigenvalue weighted by atomic mass is 9.82. The minimum Gasteiger partial charge on any atom is -0.274 e. The molecule has 0 unspecified atom stereocenters. The average Bonchev–Trinajstić information content (AvgIpc) is 3.16. The van der Waals surface area contributed by atoms with Crippen LogP contribution in [-0.2, 0) is 13.0 Å². The van der Waals surface area contributed by atoms with Crippen molar-refractivity contribution in [2.75, 3.05) is 6.54 Å². The molecule has 0 atom stereocenters. The Hall–Kier alpha value is -5.10. The van der Waals surface area contributed by atoms with Crippen LogP contribution in [0.2, 0.25) is 0 Å². The van der Waals surface area contributed by atoms with E-state index in [9.17, 15) is 19.2 Å². The number of aryl methyl sites for hydroxylation is 1. The van der Waals surface area contributed by atoms with E-state index in [1.54, 1.807) is 0 Å². The molecule has 4 amide bonds. The minimum absolute atomic E-state index is 0.206. The summed E-state index contributed by atoms with van der Waals surface area (Å²) in [5, 5.41) is 6.74. The van der Waals surface area contributed by atoms with Crippen molar-refractivity contribution in [1.29, 1.82) is 0 Å². The zero-order chi connectivity index (χ0) is 35.2. The smallest absolute Gasteiger partial charge is 0.261 e. The van der Waals surface area contributed by atoms with Crippen molar-refractivity contribution in [3.05, 3.63) is 106 Å². The molecule has 0 saturated heterocycles. The lowest BCUT2D eigenvalue weighted by Crippen LogP contribution is -2.40.